The second-order valence-corrected chi connectivity index (χ2v) is 3.59. The smallest absolute Gasteiger partial charge is 0.00557 e. The summed E-state index contributed by atoms with van der Waals surface area (Å²) in [5, 5.41) is 0. The Bertz CT molecular complexity index is 189. The molecule has 62 valence electrons. The zero-order valence-corrected chi connectivity index (χ0v) is 7.72. The average molecular weight is 151 g/mol. The highest BCUT2D eigenvalue weighted by atomic mass is 15.0. The van der Waals surface area contributed by atoms with Crippen LogP contribution in [0.1, 0.15) is 19.8 Å². The summed E-state index contributed by atoms with van der Waals surface area (Å²) in [5.41, 5.74) is 2.77. The standard InChI is InChI=1S/C10H17N/c1-8-5-6-9(2)10(8)7-11(3)4/h7,9H,1,5-6H2,2-4H3/b10-7+/t9-/m0/s1. The minimum absolute atomic E-state index is 0.713. The molecule has 1 nitrogen and oxygen atoms in total. The molecule has 0 heterocycles. The van der Waals surface area contributed by atoms with Gasteiger partial charge in [0.25, 0.3) is 0 Å². The van der Waals surface area contributed by atoms with Crippen LogP contribution in [0, 0.1) is 5.92 Å². The maximum atomic E-state index is 4.04. The van der Waals surface area contributed by atoms with Crippen molar-refractivity contribution in [1.29, 1.82) is 0 Å². The van der Waals surface area contributed by atoms with E-state index >= 15 is 0 Å². The lowest BCUT2D eigenvalue weighted by Gasteiger charge is -2.10. The number of allylic oxidation sites excluding steroid dienone is 2. The lowest BCUT2D eigenvalue weighted by Crippen LogP contribution is -2.04. The van der Waals surface area contributed by atoms with E-state index in [1.807, 2.05) is 0 Å². The van der Waals surface area contributed by atoms with E-state index in [0.29, 0.717) is 5.92 Å². The Hall–Kier alpha value is -0.720. The van der Waals surface area contributed by atoms with Crippen LogP contribution in [-0.2, 0) is 0 Å². The van der Waals surface area contributed by atoms with Gasteiger partial charge in [0.15, 0.2) is 0 Å². The van der Waals surface area contributed by atoms with Gasteiger partial charge in [-0.2, -0.15) is 0 Å². The third-order valence-electron chi connectivity index (χ3n) is 2.22. The molecular weight excluding hydrogens is 134 g/mol. The predicted molar refractivity (Wildman–Crippen MR) is 49.3 cm³/mol. The Labute approximate surface area is 69.4 Å². The van der Waals surface area contributed by atoms with E-state index in [1.54, 1.807) is 0 Å². The molecule has 1 aliphatic rings. The van der Waals surface area contributed by atoms with E-state index < -0.39 is 0 Å². The lowest BCUT2D eigenvalue weighted by molar-refractivity contribution is 0.549. The molecule has 1 fully saturated rings. The lowest BCUT2D eigenvalue weighted by atomic mass is 10.1. The van der Waals surface area contributed by atoms with Gasteiger partial charge in [0.1, 0.15) is 0 Å². The molecule has 0 amide bonds. The Balaban J connectivity index is 2.76. The predicted octanol–water partition coefficient (Wildman–Crippen LogP) is 2.42. The van der Waals surface area contributed by atoms with Gasteiger partial charge in [-0.3, -0.25) is 0 Å². The van der Waals surface area contributed by atoms with Crippen molar-refractivity contribution in [1.82, 2.24) is 4.90 Å². The minimum atomic E-state index is 0.713. The molecular formula is C10H17N. The van der Waals surface area contributed by atoms with Crippen LogP contribution >= 0.6 is 0 Å². The maximum Gasteiger partial charge on any atom is 0.00557 e. The highest BCUT2D eigenvalue weighted by Crippen LogP contribution is 2.34. The first-order valence-corrected chi connectivity index (χ1v) is 4.17. The van der Waals surface area contributed by atoms with Crippen LogP contribution in [0.5, 0.6) is 0 Å². The van der Waals surface area contributed by atoms with Gasteiger partial charge in [0.05, 0.1) is 0 Å². The molecule has 0 spiro atoms. The van der Waals surface area contributed by atoms with Crippen molar-refractivity contribution in [2.45, 2.75) is 19.8 Å². The van der Waals surface area contributed by atoms with E-state index in [-0.39, 0.29) is 0 Å². The fourth-order valence-corrected chi connectivity index (χ4v) is 1.54. The van der Waals surface area contributed by atoms with Crippen molar-refractivity contribution in [3.63, 3.8) is 0 Å². The van der Waals surface area contributed by atoms with Crippen molar-refractivity contribution >= 4 is 0 Å². The summed E-state index contributed by atoms with van der Waals surface area (Å²) in [5.74, 6) is 0.713. The van der Waals surface area contributed by atoms with Gasteiger partial charge in [-0.05, 0) is 24.3 Å². The van der Waals surface area contributed by atoms with E-state index in [4.69, 9.17) is 0 Å². The molecule has 1 atom stereocenters. The second kappa shape index (κ2) is 3.12. The number of hydrogen-bond acceptors (Lipinski definition) is 1. The van der Waals surface area contributed by atoms with E-state index in [2.05, 4.69) is 38.7 Å². The zero-order valence-electron chi connectivity index (χ0n) is 7.72. The molecule has 0 aromatic rings. The molecule has 0 aromatic heterocycles. The molecule has 0 N–H and O–H groups in total. The van der Waals surface area contributed by atoms with Crippen molar-refractivity contribution in [2.24, 2.45) is 5.92 Å². The van der Waals surface area contributed by atoms with Gasteiger partial charge in [0, 0.05) is 20.3 Å². The molecule has 1 aliphatic carbocycles. The third kappa shape index (κ3) is 1.86. The summed E-state index contributed by atoms with van der Waals surface area (Å²) in [6.45, 7) is 6.32. The first kappa shape index (κ1) is 8.38. The van der Waals surface area contributed by atoms with Gasteiger partial charge in [0.2, 0.25) is 0 Å². The van der Waals surface area contributed by atoms with Gasteiger partial charge in [-0.1, -0.05) is 19.1 Å². The van der Waals surface area contributed by atoms with Crippen molar-refractivity contribution < 1.29 is 0 Å². The van der Waals surface area contributed by atoms with Gasteiger partial charge >= 0.3 is 0 Å². The summed E-state index contributed by atoms with van der Waals surface area (Å²) in [6.07, 6.45) is 4.65. The maximum absolute atomic E-state index is 4.04. The van der Waals surface area contributed by atoms with E-state index in [9.17, 15) is 0 Å². The molecule has 1 heteroatoms. The molecule has 0 aromatic carbocycles. The quantitative estimate of drug-likeness (QED) is 0.556. The molecule has 11 heavy (non-hydrogen) atoms. The van der Waals surface area contributed by atoms with Crippen LogP contribution in [0.25, 0.3) is 0 Å². The first-order chi connectivity index (χ1) is 5.11. The molecule has 0 aliphatic heterocycles. The summed E-state index contributed by atoms with van der Waals surface area (Å²) in [7, 11) is 4.12. The molecule has 1 saturated carbocycles. The Morgan fingerprint density at radius 1 is 1.55 bits per heavy atom. The van der Waals surface area contributed by atoms with Crippen molar-refractivity contribution in [3.05, 3.63) is 23.9 Å². The first-order valence-electron chi connectivity index (χ1n) is 4.17. The topological polar surface area (TPSA) is 3.24 Å². The summed E-state index contributed by atoms with van der Waals surface area (Å²) >= 11 is 0. The van der Waals surface area contributed by atoms with Crippen LogP contribution in [0.15, 0.2) is 23.9 Å². The monoisotopic (exact) mass is 151 g/mol. The van der Waals surface area contributed by atoms with E-state index in [0.717, 1.165) is 0 Å². The van der Waals surface area contributed by atoms with Crippen LogP contribution in [0.2, 0.25) is 0 Å². The van der Waals surface area contributed by atoms with Gasteiger partial charge < -0.3 is 4.90 Å². The summed E-state index contributed by atoms with van der Waals surface area (Å²) < 4.78 is 0. The normalized spacial score (nSPS) is 28.1. The fourth-order valence-electron chi connectivity index (χ4n) is 1.54. The van der Waals surface area contributed by atoms with Crippen LogP contribution in [-0.4, -0.2) is 19.0 Å². The fraction of sp³-hybridized carbons (Fsp3) is 0.600. The van der Waals surface area contributed by atoms with Crippen LogP contribution in [0.4, 0.5) is 0 Å². The Morgan fingerprint density at radius 3 is 2.55 bits per heavy atom. The van der Waals surface area contributed by atoms with Gasteiger partial charge in [-0.25, -0.2) is 0 Å². The molecule has 1 rings (SSSR count). The highest BCUT2D eigenvalue weighted by Gasteiger charge is 2.19. The Kier molecular flexibility index (Phi) is 2.38. The van der Waals surface area contributed by atoms with E-state index in [1.165, 1.54) is 24.0 Å². The van der Waals surface area contributed by atoms with Crippen LogP contribution in [0.3, 0.4) is 0 Å². The second-order valence-electron chi connectivity index (χ2n) is 3.59. The molecule has 0 unspecified atom stereocenters. The molecule has 0 bridgehead atoms. The Morgan fingerprint density at radius 2 is 2.18 bits per heavy atom. The molecule has 0 saturated heterocycles. The highest BCUT2D eigenvalue weighted by molar-refractivity contribution is 5.34. The third-order valence-corrected chi connectivity index (χ3v) is 2.22. The summed E-state index contributed by atoms with van der Waals surface area (Å²) in [6, 6.07) is 0. The SMILES string of the molecule is C=C1CC[C@H](C)/C1=C/N(C)C. The number of rotatable bonds is 1. The zero-order chi connectivity index (χ0) is 8.43. The largest absolute Gasteiger partial charge is 0.383 e. The van der Waals surface area contributed by atoms with Gasteiger partial charge in [-0.15, -0.1) is 0 Å². The number of nitrogens with zero attached hydrogens (tertiary/aromatic N) is 1. The van der Waals surface area contributed by atoms with Crippen molar-refractivity contribution in [3.8, 4) is 0 Å². The number of hydrogen-bond donors (Lipinski definition) is 0. The molecule has 0 radical (unpaired) electrons. The summed E-state index contributed by atoms with van der Waals surface area (Å²) in [4.78, 5) is 2.10. The minimum Gasteiger partial charge on any atom is -0.383 e. The van der Waals surface area contributed by atoms with Crippen LogP contribution < -0.4 is 0 Å². The average Bonchev–Trinajstić information content (AvgIpc) is 2.18. The van der Waals surface area contributed by atoms with Crippen molar-refractivity contribution in [2.75, 3.05) is 14.1 Å².